The number of hydrogen-bond donors (Lipinski definition) is 0. The summed E-state index contributed by atoms with van der Waals surface area (Å²) in [5.41, 5.74) is 2.77. The lowest BCUT2D eigenvalue weighted by Gasteiger charge is -2.10. The van der Waals surface area contributed by atoms with E-state index < -0.39 is 0 Å². The standard InChI is InChI=1S/C15H12Cl2FN3/c1-9-2-5-12-15(19-9)21(14(20-12)6-7-16)13-8-10(18)3-4-11(13)17/h2-5,8H,6-7H2,1H3. The van der Waals surface area contributed by atoms with Crippen LogP contribution in [0.5, 0.6) is 0 Å². The summed E-state index contributed by atoms with van der Waals surface area (Å²) >= 11 is 12.1. The van der Waals surface area contributed by atoms with Gasteiger partial charge in [-0.3, -0.25) is 4.57 Å². The number of alkyl halides is 1. The molecule has 0 bridgehead atoms. The minimum atomic E-state index is -0.360. The van der Waals surface area contributed by atoms with Crippen LogP contribution in [-0.4, -0.2) is 20.4 Å². The van der Waals surface area contributed by atoms with Crippen LogP contribution in [0.3, 0.4) is 0 Å². The van der Waals surface area contributed by atoms with Gasteiger partial charge in [0.15, 0.2) is 5.65 Å². The summed E-state index contributed by atoms with van der Waals surface area (Å²) in [7, 11) is 0. The average molecular weight is 324 g/mol. The van der Waals surface area contributed by atoms with Crippen molar-refractivity contribution in [3.8, 4) is 5.69 Å². The molecule has 3 rings (SSSR count). The van der Waals surface area contributed by atoms with E-state index in [2.05, 4.69) is 9.97 Å². The molecule has 0 unspecified atom stereocenters. The average Bonchev–Trinajstić information content (AvgIpc) is 2.79. The van der Waals surface area contributed by atoms with Gasteiger partial charge >= 0.3 is 0 Å². The molecular formula is C15H12Cl2FN3. The molecule has 21 heavy (non-hydrogen) atoms. The van der Waals surface area contributed by atoms with Gasteiger partial charge in [-0.2, -0.15) is 0 Å². The second-order valence-corrected chi connectivity index (χ2v) is 5.48. The Labute approximate surface area is 131 Å². The molecule has 3 nitrogen and oxygen atoms in total. The number of fused-ring (bicyclic) bond motifs is 1. The van der Waals surface area contributed by atoms with Crippen LogP contribution in [0.2, 0.25) is 5.02 Å². The van der Waals surface area contributed by atoms with Crippen LogP contribution in [0, 0.1) is 12.7 Å². The van der Waals surface area contributed by atoms with Crippen molar-refractivity contribution < 1.29 is 4.39 Å². The predicted octanol–water partition coefficient (Wildman–Crippen LogP) is 4.30. The van der Waals surface area contributed by atoms with Gasteiger partial charge in [0.2, 0.25) is 0 Å². The first-order chi connectivity index (χ1) is 10.1. The molecule has 0 atom stereocenters. The molecule has 0 saturated carbocycles. The maximum Gasteiger partial charge on any atom is 0.164 e. The Morgan fingerprint density at radius 3 is 2.76 bits per heavy atom. The lowest BCUT2D eigenvalue weighted by molar-refractivity contribution is 0.626. The first-order valence-corrected chi connectivity index (χ1v) is 7.38. The van der Waals surface area contributed by atoms with E-state index in [1.807, 2.05) is 19.1 Å². The topological polar surface area (TPSA) is 30.7 Å². The van der Waals surface area contributed by atoms with Gasteiger partial charge < -0.3 is 0 Å². The highest BCUT2D eigenvalue weighted by Crippen LogP contribution is 2.27. The normalized spacial score (nSPS) is 11.2. The van der Waals surface area contributed by atoms with E-state index in [1.54, 1.807) is 4.57 Å². The zero-order valence-corrected chi connectivity index (χ0v) is 12.8. The molecule has 2 aromatic heterocycles. The van der Waals surface area contributed by atoms with Crippen LogP contribution in [0.15, 0.2) is 30.3 Å². The quantitative estimate of drug-likeness (QED) is 0.673. The summed E-state index contributed by atoms with van der Waals surface area (Å²) in [6.07, 6.45) is 0.545. The molecule has 0 spiro atoms. The number of aromatic nitrogens is 3. The van der Waals surface area contributed by atoms with E-state index >= 15 is 0 Å². The highest BCUT2D eigenvalue weighted by Gasteiger charge is 2.16. The monoisotopic (exact) mass is 323 g/mol. The zero-order valence-electron chi connectivity index (χ0n) is 11.3. The van der Waals surface area contributed by atoms with Gasteiger partial charge in [0.1, 0.15) is 17.2 Å². The summed E-state index contributed by atoms with van der Waals surface area (Å²) in [5.74, 6) is 0.765. The Morgan fingerprint density at radius 2 is 2.00 bits per heavy atom. The fourth-order valence-corrected chi connectivity index (χ4v) is 2.63. The maximum atomic E-state index is 13.6. The number of imidazole rings is 1. The molecule has 0 aliphatic rings. The summed E-state index contributed by atoms with van der Waals surface area (Å²) in [6, 6.07) is 8.00. The summed E-state index contributed by atoms with van der Waals surface area (Å²) in [4.78, 5) is 9.03. The minimum Gasteiger partial charge on any atom is -0.279 e. The Hall–Kier alpha value is -1.65. The fraction of sp³-hybridized carbons (Fsp3) is 0.200. The molecule has 0 aliphatic carbocycles. The Kier molecular flexibility index (Phi) is 3.83. The maximum absolute atomic E-state index is 13.6. The van der Waals surface area contributed by atoms with Crippen molar-refractivity contribution in [2.75, 3.05) is 5.88 Å². The van der Waals surface area contributed by atoms with Gasteiger partial charge in [0.05, 0.1) is 10.7 Å². The Morgan fingerprint density at radius 1 is 1.19 bits per heavy atom. The van der Waals surface area contributed by atoms with Gasteiger partial charge in [-0.15, -0.1) is 11.6 Å². The summed E-state index contributed by atoms with van der Waals surface area (Å²) in [5, 5.41) is 0.440. The Bertz CT molecular complexity index is 814. The number of pyridine rings is 1. The van der Waals surface area contributed by atoms with Crippen molar-refractivity contribution in [2.24, 2.45) is 0 Å². The molecule has 0 fully saturated rings. The molecule has 1 aromatic carbocycles. The van der Waals surface area contributed by atoms with E-state index in [0.29, 0.717) is 34.5 Å². The second kappa shape index (κ2) is 5.62. The van der Waals surface area contributed by atoms with E-state index in [4.69, 9.17) is 23.2 Å². The van der Waals surface area contributed by atoms with Gasteiger partial charge in [-0.05, 0) is 37.3 Å². The molecule has 0 radical (unpaired) electrons. The minimum absolute atomic E-state index is 0.360. The van der Waals surface area contributed by atoms with Crippen LogP contribution in [0.25, 0.3) is 16.9 Å². The first kappa shape index (κ1) is 14.3. The molecule has 0 N–H and O–H groups in total. The highest BCUT2D eigenvalue weighted by molar-refractivity contribution is 6.32. The number of halogens is 3. The molecule has 2 heterocycles. The smallest absolute Gasteiger partial charge is 0.164 e. The molecular weight excluding hydrogens is 312 g/mol. The van der Waals surface area contributed by atoms with Gasteiger partial charge in [-0.1, -0.05) is 11.6 Å². The molecule has 0 saturated heterocycles. The van der Waals surface area contributed by atoms with E-state index in [1.165, 1.54) is 18.2 Å². The van der Waals surface area contributed by atoms with Crippen molar-refractivity contribution in [1.29, 1.82) is 0 Å². The second-order valence-electron chi connectivity index (χ2n) is 4.69. The number of rotatable bonds is 3. The van der Waals surface area contributed by atoms with E-state index in [9.17, 15) is 4.39 Å². The van der Waals surface area contributed by atoms with Crippen LogP contribution in [0.1, 0.15) is 11.5 Å². The summed E-state index contributed by atoms with van der Waals surface area (Å²) < 4.78 is 15.4. The van der Waals surface area contributed by atoms with Crippen molar-refractivity contribution in [3.05, 3.63) is 52.7 Å². The van der Waals surface area contributed by atoms with Crippen molar-refractivity contribution >= 4 is 34.4 Å². The fourth-order valence-electron chi connectivity index (χ4n) is 2.26. The van der Waals surface area contributed by atoms with Crippen molar-refractivity contribution in [2.45, 2.75) is 13.3 Å². The number of nitrogens with zero attached hydrogens (tertiary/aromatic N) is 3. The molecule has 108 valence electrons. The highest BCUT2D eigenvalue weighted by atomic mass is 35.5. The van der Waals surface area contributed by atoms with Gasteiger partial charge in [0, 0.05) is 18.0 Å². The third-order valence-corrected chi connectivity index (χ3v) is 3.69. The first-order valence-electron chi connectivity index (χ1n) is 6.46. The predicted molar refractivity (Wildman–Crippen MR) is 83.0 cm³/mol. The third kappa shape index (κ3) is 2.61. The third-order valence-electron chi connectivity index (χ3n) is 3.18. The van der Waals surface area contributed by atoms with E-state index in [-0.39, 0.29) is 5.82 Å². The number of benzene rings is 1. The molecule has 0 amide bonds. The molecule has 0 aliphatic heterocycles. The van der Waals surface area contributed by atoms with Gasteiger partial charge in [0.25, 0.3) is 0 Å². The number of aryl methyl sites for hydroxylation is 2. The molecule has 3 aromatic rings. The van der Waals surface area contributed by atoms with Crippen molar-refractivity contribution in [1.82, 2.24) is 14.5 Å². The lowest BCUT2D eigenvalue weighted by atomic mass is 10.3. The summed E-state index contributed by atoms with van der Waals surface area (Å²) in [6.45, 7) is 1.89. The van der Waals surface area contributed by atoms with Crippen LogP contribution >= 0.6 is 23.2 Å². The van der Waals surface area contributed by atoms with Crippen LogP contribution in [-0.2, 0) is 6.42 Å². The van der Waals surface area contributed by atoms with E-state index in [0.717, 1.165) is 11.2 Å². The lowest BCUT2D eigenvalue weighted by Crippen LogP contribution is -2.04. The van der Waals surface area contributed by atoms with Gasteiger partial charge in [-0.25, -0.2) is 14.4 Å². The van der Waals surface area contributed by atoms with Crippen LogP contribution in [0.4, 0.5) is 4.39 Å². The molecule has 6 heteroatoms. The SMILES string of the molecule is Cc1ccc2nc(CCCl)n(-c3cc(F)ccc3Cl)c2n1. The van der Waals surface area contributed by atoms with Crippen LogP contribution < -0.4 is 0 Å². The largest absolute Gasteiger partial charge is 0.279 e. The number of hydrogen-bond acceptors (Lipinski definition) is 2. The zero-order chi connectivity index (χ0) is 15.0. The Balaban J connectivity index is 2.35. The van der Waals surface area contributed by atoms with Crippen molar-refractivity contribution in [3.63, 3.8) is 0 Å².